The molecule has 1 aliphatic rings. The van der Waals surface area contributed by atoms with Crippen LogP contribution < -0.4 is 5.32 Å². The molecule has 8 heteroatoms. The van der Waals surface area contributed by atoms with Gasteiger partial charge in [-0.25, -0.2) is 9.59 Å². The maximum absolute atomic E-state index is 13.1. The Labute approximate surface area is 201 Å². The van der Waals surface area contributed by atoms with Crippen LogP contribution in [-0.2, 0) is 20.5 Å². The summed E-state index contributed by atoms with van der Waals surface area (Å²) in [7, 11) is -0.813. The van der Waals surface area contributed by atoms with Crippen molar-refractivity contribution in [2.45, 2.75) is 103 Å². The summed E-state index contributed by atoms with van der Waals surface area (Å²) in [5.74, 6) is 0. The van der Waals surface area contributed by atoms with Crippen LogP contribution in [0.25, 0.3) is 0 Å². The maximum atomic E-state index is 13.1. The summed E-state index contributed by atoms with van der Waals surface area (Å²) in [6.07, 6.45) is 0.565. The number of ether oxygens (including phenoxy) is 2. The number of benzene rings is 1. The van der Waals surface area contributed by atoms with Crippen LogP contribution in [0, 0.1) is 0 Å². The number of rotatable bonds is 6. The Balaban J connectivity index is 2.06. The molecular formula is C25H42N2O5Si. The van der Waals surface area contributed by atoms with Gasteiger partial charge in [0.2, 0.25) is 0 Å². The molecule has 1 aliphatic heterocycles. The van der Waals surface area contributed by atoms with Gasteiger partial charge in [0.05, 0.1) is 11.6 Å². The molecule has 1 N–H and O–H groups in total. The highest BCUT2D eigenvalue weighted by Gasteiger charge is 2.43. The molecule has 2 rings (SSSR count). The van der Waals surface area contributed by atoms with Gasteiger partial charge in [-0.05, 0) is 58.1 Å². The van der Waals surface area contributed by atoms with Gasteiger partial charge in [0.25, 0.3) is 0 Å². The van der Waals surface area contributed by atoms with Crippen LogP contribution in [0.4, 0.5) is 9.59 Å². The molecule has 0 bridgehead atoms. The lowest BCUT2D eigenvalue weighted by Crippen LogP contribution is -2.61. The summed E-state index contributed by atoms with van der Waals surface area (Å²) in [4.78, 5) is 27.3. The number of alkyl carbamates (subject to hydrolysis) is 1. The third-order valence-electron chi connectivity index (χ3n) is 5.42. The van der Waals surface area contributed by atoms with Crippen molar-refractivity contribution in [2.24, 2.45) is 0 Å². The molecule has 1 aromatic carbocycles. The van der Waals surface area contributed by atoms with E-state index in [2.05, 4.69) is 39.9 Å². The van der Waals surface area contributed by atoms with E-state index in [1.807, 2.05) is 51.1 Å². The second kappa shape index (κ2) is 10.9. The van der Waals surface area contributed by atoms with E-state index >= 15 is 0 Å². The first-order valence-corrected chi connectivity index (χ1v) is 13.1. The molecule has 2 amide bonds. The van der Waals surface area contributed by atoms with E-state index in [9.17, 15) is 9.59 Å². The van der Waals surface area contributed by atoms with Crippen molar-refractivity contribution < 1.29 is 23.5 Å². The van der Waals surface area contributed by atoms with Crippen molar-refractivity contribution in [1.29, 1.82) is 0 Å². The summed E-state index contributed by atoms with van der Waals surface area (Å²) in [6, 6.07) is 9.19. The van der Waals surface area contributed by atoms with Crippen molar-refractivity contribution in [3.8, 4) is 0 Å². The number of hydrogen-bond acceptors (Lipinski definition) is 5. The van der Waals surface area contributed by atoms with Gasteiger partial charge < -0.3 is 24.1 Å². The average molecular weight is 479 g/mol. The SMILES string of the molecule is CC(C)(C)OC(=O)N1CC(NC(=O)OCc2ccccc2)CCC1C(C)(C)O[SiH2]C(C)(C)C. The first kappa shape index (κ1) is 27.2. The van der Waals surface area contributed by atoms with Gasteiger partial charge in [0.1, 0.15) is 12.2 Å². The lowest BCUT2D eigenvalue weighted by atomic mass is 9.87. The van der Waals surface area contributed by atoms with E-state index in [1.165, 1.54) is 0 Å². The highest BCUT2D eigenvalue weighted by Crippen LogP contribution is 2.32. The zero-order valence-corrected chi connectivity index (χ0v) is 23.0. The summed E-state index contributed by atoms with van der Waals surface area (Å²) in [6.45, 7) is 16.8. The topological polar surface area (TPSA) is 77.1 Å². The molecule has 7 nitrogen and oxygen atoms in total. The first-order valence-electron chi connectivity index (χ1n) is 11.8. The maximum Gasteiger partial charge on any atom is 0.410 e. The van der Waals surface area contributed by atoms with Crippen LogP contribution >= 0.6 is 0 Å². The zero-order chi connectivity index (χ0) is 24.9. The highest BCUT2D eigenvalue weighted by atomic mass is 28.2. The summed E-state index contributed by atoms with van der Waals surface area (Å²) in [5.41, 5.74) is -0.189. The molecule has 0 saturated carbocycles. The number of likely N-dealkylation sites (tertiary alicyclic amines) is 1. The number of piperidine rings is 1. The molecular weight excluding hydrogens is 436 g/mol. The fourth-order valence-corrected chi connectivity index (χ4v) is 4.76. The van der Waals surface area contributed by atoms with E-state index < -0.39 is 27.1 Å². The molecule has 1 fully saturated rings. The fourth-order valence-electron chi connectivity index (χ4n) is 3.76. The van der Waals surface area contributed by atoms with E-state index in [4.69, 9.17) is 13.9 Å². The van der Waals surface area contributed by atoms with Gasteiger partial charge in [-0.1, -0.05) is 51.1 Å². The smallest absolute Gasteiger partial charge is 0.410 e. The Hall–Kier alpha value is -2.06. The standard InChI is InChI=1S/C25H42N2O5Si/c1-23(2,3)31-22(29)27-16-19(26-21(28)30-17-18-12-10-9-11-13-18)14-15-20(27)25(7,8)32-33-24(4,5)6/h9-13,19-20H,14-17,33H2,1-8H3,(H,26,28). The van der Waals surface area contributed by atoms with Crippen molar-refractivity contribution in [3.63, 3.8) is 0 Å². The van der Waals surface area contributed by atoms with Crippen molar-refractivity contribution >= 4 is 21.9 Å². The predicted octanol–water partition coefficient (Wildman–Crippen LogP) is 4.78. The largest absolute Gasteiger partial charge is 0.445 e. The number of nitrogens with zero attached hydrogens (tertiary/aromatic N) is 1. The van der Waals surface area contributed by atoms with Crippen LogP contribution in [0.3, 0.4) is 0 Å². The van der Waals surface area contributed by atoms with Gasteiger partial charge in [-0.3, -0.25) is 0 Å². The second-order valence-electron chi connectivity index (χ2n) is 11.6. The Bertz CT molecular complexity index is 786. The van der Waals surface area contributed by atoms with Crippen LogP contribution in [0.2, 0.25) is 5.04 Å². The minimum absolute atomic E-state index is 0.138. The Morgan fingerprint density at radius 1 is 1.03 bits per heavy atom. The third kappa shape index (κ3) is 9.37. The van der Waals surface area contributed by atoms with Gasteiger partial charge in [-0.2, -0.15) is 0 Å². The molecule has 0 aliphatic carbocycles. The van der Waals surface area contributed by atoms with Gasteiger partial charge >= 0.3 is 12.2 Å². The molecule has 2 unspecified atom stereocenters. The number of carbonyl (C=O) groups is 2. The van der Waals surface area contributed by atoms with Crippen LogP contribution in [-0.4, -0.2) is 56.7 Å². The Morgan fingerprint density at radius 2 is 1.67 bits per heavy atom. The van der Waals surface area contributed by atoms with E-state index in [1.54, 1.807) is 4.90 Å². The minimum Gasteiger partial charge on any atom is -0.445 e. The summed E-state index contributed by atoms with van der Waals surface area (Å²) < 4.78 is 17.5. The number of nitrogens with one attached hydrogen (secondary N) is 1. The third-order valence-corrected chi connectivity index (χ3v) is 7.18. The lowest BCUT2D eigenvalue weighted by Gasteiger charge is -2.47. The molecule has 1 aromatic rings. The molecule has 0 radical (unpaired) electrons. The lowest BCUT2D eigenvalue weighted by molar-refractivity contribution is -0.0432. The normalized spacial score (nSPS) is 20.1. The number of hydrogen-bond donors (Lipinski definition) is 1. The number of carbonyl (C=O) groups excluding carboxylic acids is 2. The average Bonchev–Trinajstić information content (AvgIpc) is 2.70. The molecule has 0 aromatic heterocycles. The molecule has 1 saturated heterocycles. The van der Waals surface area contributed by atoms with Gasteiger partial charge in [0, 0.05) is 12.6 Å². The van der Waals surface area contributed by atoms with E-state index in [0.29, 0.717) is 13.0 Å². The highest BCUT2D eigenvalue weighted by molar-refractivity contribution is 6.31. The number of amides is 2. The predicted molar refractivity (Wildman–Crippen MR) is 133 cm³/mol. The Morgan fingerprint density at radius 3 is 2.24 bits per heavy atom. The van der Waals surface area contributed by atoms with Crippen molar-refractivity contribution in [3.05, 3.63) is 35.9 Å². The van der Waals surface area contributed by atoms with Crippen LogP contribution in [0.5, 0.6) is 0 Å². The quantitative estimate of drug-likeness (QED) is 0.596. The molecule has 2 atom stereocenters. The van der Waals surface area contributed by atoms with Crippen molar-refractivity contribution in [2.75, 3.05) is 6.54 Å². The molecule has 0 spiro atoms. The summed E-state index contributed by atoms with van der Waals surface area (Å²) >= 11 is 0. The van der Waals surface area contributed by atoms with Gasteiger partial charge in [-0.15, -0.1) is 0 Å². The summed E-state index contributed by atoms with van der Waals surface area (Å²) in [5, 5.41) is 3.07. The minimum atomic E-state index is -0.813. The second-order valence-corrected chi connectivity index (χ2v) is 14.3. The fraction of sp³-hybridized carbons (Fsp3) is 0.680. The molecule has 33 heavy (non-hydrogen) atoms. The Kier molecular flexibility index (Phi) is 8.99. The van der Waals surface area contributed by atoms with Gasteiger partial charge in [0.15, 0.2) is 9.76 Å². The van der Waals surface area contributed by atoms with Crippen molar-refractivity contribution in [1.82, 2.24) is 10.2 Å². The molecule has 1 heterocycles. The monoisotopic (exact) mass is 478 g/mol. The zero-order valence-electron chi connectivity index (χ0n) is 21.6. The van der Waals surface area contributed by atoms with Crippen LogP contribution in [0.15, 0.2) is 30.3 Å². The van der Waals surface area contributed by atoms with Crippen LogP contribution in [0.1, 0.15) is 73.8 Å². The molecule has 186 valence electrons. The van der Waals surface area contributed by atoms with E-state index in [0.717, 1.165) is 12.0 Å². The first-order chi connectivity index (χ1) is 15.2. The van der Waals surface area contributed by atoms with E-state index in [-0.39, 0.29) is 29.8 Å².